The molecule has 6 nitrogen and oxygen atoms in total. The molecule has 1 aromatic carbocycles. The predicted octanol–water partition coefficient (Wildman–Crippen LogP) is 3.64. The molecular weight excluding hydrogens is 339 g/mol. The number of carbonyl (C=O) groups excluding carboxylic acids is 2. The monoisotopic (exact) mass is 364 g/mol. The van der Waals surface area contributed by atoms with E-state index in [0.717, 1.165) is 16.8 Å². The highest BCUT2D eigenvalue weighted by Gasteiger charge is 2.18. The van der Waals surface area contributed by atoms with Crippen molar-refractivity contribution in [2.45, 2.75) is 46.1 Å². The lowest BCUT2D eigenvalue weighted by Gasteiger charge is -2.21. The SMILES string of the molecule is Cc1cc(OC/C(=C\F)CNC(=O)OC(C)(C)C)cc2c1NC(=O)CC2. The van der Waals surface area contributed by atoms with E-state index in [1.165, 1.54) is 0 Å². The summed E-state index contributed by atoms with van der Waals surface area (Å²) in [7, 11) is 0. The first kappa shape index (κ1) is 19.8. The minimum Gasteiger partial charge on any atom is -0.489 e. The van der Waals surface area contributed by atoms with Crippen LogP contribution < -0.4 is 15.4 Å². The first-order chi connectivity index (χ1) is 12.2. The van der Waals surface area contributed by atoms with Crippen LogP contribution in [0.25, 0.3) is 0 Å². The fourth-order valence-electron chi connectivity index (χ4n) is 2.53. The van der Waals surface area contributed by atoms with Gasteiger partial charge in [-0.2, -0.15) is 0 Å². The molecule has 2 rings (SSSR count). The maximum Gasteiger partial charge on any atom is 0.407 e. The van der Waals surface area contributed by atoms with Crippen LogP contribution in [0.15, 0.2) is 24.0 Å². The van der Waals surface area contributed by atoms with Crippen molar-refractivity contribution in [3.63, 3.8) is 0 Å². The van der Waals surface area contributed by atoms with Gasteiger partial charge in [-0.05, 0) is 57.4 Å². The molecule has 1 aliphatic rings. The number of hydrogen-bond donors (Lipinski definition) is 2. The lowest BCUT2D eigenvalue weighted by atomic mass is 9.99. The van der Waals surface area contributed by atoms with Crippen molar-refractivity contribution in [3.8, 4) is 5.75 Å². The summed E-state index contributed by atoms with van der Waals surface area (Å²) in [6.07, 6.45) is 0.886. The minimum absolute atomic E-state index is 0.00309. The molecule has 1 aromatic rings. The summed E-state index contributed by atoms with van der Waals surface area (Å²) in [5.74, 6) is 0.596. The van der Waals surface area contributed by atoms with Gasteiger partial charge in [0.05, 0.1) is 6.33 Å². The van der Waals surface area contributed by atoms with E-state index < -0.39 is 11.7 Å². The molecule has 0 spiro atoms. The maximum atomic E-state index is 13.1. The average molecular weight is 364 g/mol. The van der Waals surface area contributed by atoms with E-state index in [0.29, 0.717) is 24.9 Å². The number of alkyl carbamates (subject to hydrolysis) is 1. The summed E-state index contributed by atoms with van der Waals surface area (Å²) in [5.41, 5.74) is 2.37. The molecule has 0 unspecified atom stereocenters. The molecule has 7 heteroatoms. The van der Waals surface area contributed by atoms with Crippen molar-refractivity contribution in [1.29, 1.82) is 0 Å². The van der Waals surface area contributed by atoms with Crippen molar-refractivity contribution >= 4 is 17.7 Å². The second kappa shape index (κ2) is 8.21. The van der Waals surface area contributed by atoms with Crippen LogP contribution in [0.4, 0.5) is 14.9 Å². The van der Waals surface area contributed by atoms with Gasteiger partial charge in [-0.25, -0.2) is 9.18 Å². The number of fused-ring (bicyclic) bond motifs is 1. The van der Waals surface area contributed by atoms with Gasteiger partial charge in [-0.1, -0.05) is 0 Å². The zero-order chi connectivity index (χ0) is 19.3. The topological polar surface area (TPSA) is 76.7 Å². The maximum absolute atomic E-state index is 13.1. The Morgan fingerprint density at radius 1 is 1.35 bits per heavy atom. The molecule has 0 saturated carbocycles. The van der Waals surface area contributed by atoms with Crippen LogP contribution in [-0.2, 0) is 16.0 Å². The fraction of sp³-hybridized carbons (Fsp3) is 0.474. The number of benzene rings is 1. The third kappa shape index (κ3) is 5.75. The molecule has 0 atom stereocenters. The molecule has 0 bridgehead atoms. The van der Waals surface area contributed by atoms with Crippen LogP contribution in [0, 0.1) is 6.92 Å². The Kier molecular flexibility index (Phi) is 6.23. The Morgan fingerprint density at radius 2 is 2.08 bits per heavy atom. The summed E-state index contributed by atoms with van der Waals surface area (Å²) in [5, 5.41) is 5.35. The zero-order valence-electron chi connectivity index (χ0n) is 15.6. The van der Waals surface area contributed by atoms with Crippen LogP contribution in [0.5, 0.6) is 5.75 Å². The lowest BCUT2D eigenvalue weighted by molar-refractivity contribution is -0.116. The number of amides is 2. The van der Waals surface area contributed by atoms with Gasteiger partial charge >= 0.3 is 6.09 Å². The number of rotatable bonds is 5. The van der Waals surface area contributed by atoms with Crippen LogP contribution in [0.2, 0.25) is 0 Å². The summed E-state index contributed by atoms with van der Waals surface area (Å²) >= 11 is 0. The predicted molar refractivity (Wildman–Crippen MR) is 97.1 cm³/mol. The normalized spacial score (nSPS) is 14.3. The van der Waals surface area contributed by atoms with Crippen LogP contribution in [0.3, 0.4) is 0 Å². The number of ether oxygens (including phenoxy) is 2. The van der Waals surface area contributed by atoms with Crippen LogP contribution in [-0.4, -0.2) is 30.8 Å². The second-order valence-corrected chi connectivity index (χ2v) is 7.23. The quantitative estimate of drug-likeness (QED) is 0.836. The molecule has 0 saturated heterocycles. The van der Waals surface area contributed by atoms with E-state index >= 15 is 0 Å². The third-order valence-corrected chi connectivity index (χ3v) is 3.71. The highest BCUT2D eigenvalue weighted by molar-refractivity contribution is 5.95. The molecule has 2 amide bonds. The summed E-state index contributed by atoms with van der Waals surface area (Å²) < 4.78 is 23.8. The van der Waals surface area contributed by atoms with Gasteiger partial charge < -0.3 is 20.1 Å². The van der Waals surface area contributed by atoms with E-state index in [1.807, 2.05) is 13.0 Å². The first-order valence-corrected chi connectivity index (χ1v) is 8.49. The van der Waals surface area contributed by atoms with Crippen LogP contribution >= 0.6 is 0 Å². The zero-order valence-corrected chi connectivity index (χ0v) is 15.6. The number of anilines is 1. The van der Waals surface area contributed by atoms with Gasteiger partial charge in [0.25, 0.3) is 0 Å². The minimum atomic E-state index is -0.615. The van der Waals surface area contributed by atoms with Crippen molar-refractivity contribution < 1.29 is 23.5 Å². The fourth-order valence-corrected chi connectivity index (χ4v) is 2.53. The molecule has 26 heavy (non-hydrogen) atoms. The van der Waals surface area contributed by atoms with Crippen molar-refractivity contribution in [2.75, 3.05) is 18.5 Å². The Hall–Kier alpha value is -2.57. The van der Waals surface area contributed by atoms with E-state index in [1.54, 1.807) is 26.8 Å². The molecule has 2 N–H and O–H groups in total. The smallest absolute Gasteiger partial charge is 0.407 e. The van der Waals surface area contributed by atoms with E-state index in [9.17, 15) is 14.0 Å². The second-order valence-electron chi connectivity index (χ2n) is 7.23. The van der Waals surface area contributed by atoms with Crippen molar-refractivity contribution in [3.05, 3.63) is 35.2 Å². The van der Waals surface area contributed by atoms with Crippen LogP contribution in [0.1, 0.15) is 38.3 Å². The molecule has 1 heterocycles. The third-order valence-electron chi connectivity index (χ3n) is 3.71. The highest BCUT2D eigenvalue weighted by Crippen LogP contribution is 2.31. The summed E-state index contributed by atoms with van der Waals surface area (Å²) in [6.45, 7) is 7.13. The molecule has 142 valence electrons. The lowest BCUT2D eigenvalue weighted by Crippen LogP contribution is -2.34. The molecule has 0 fully saturated rings. The first-order valence-electron chi connectivity index (χ1n) is 8.49. The van der Waals surface area contributed by atoms with E-state index in [-0.39, 0.29) is 24.6 Å². The van der Waals surface area contributed by atoms with Crippen molar-refractivity contribution in [2.24, 2.45) is 0 Å². The Balaban J connectivity index is 1.92. The summed E-state index contributed by atoms with van der Waals surface area (Å²) in [6, 6.07) is 3.64. The Bertz CT molecular complexity index is 723. The number of halogens is 1. The van der Waals surface area contributed by atoms with Gasteiger partial charge in [0, 0.05) is 24.2 Å². The molecule has 0 radical (unpaired) electrons. The van der Waals surface area contributed by atoms with Gasteiger partial charge in [0.1, 0.15) is 18.0 Å². The van der Waals surface area contributed by atoms with Gasteiger partial charge in [0.15, 0.2) is 0 Å². The van der Waals surface area contributed by atoms with Crippen molar-refractivity contribution in [1.82, 2.24) is 5.32 Å². The van der Waals surface area contributed by atoms with E-state index in [4.69, 9.17) is 9.47 Å². The molecular formula is C19H25FN2O4. The standard InChI is InChI=1S/C19H25FN2O4/c1-12-7-15(8-14-5-6-16(23)22-17(12)14)25-11-13(9-20)10-21-18(24)26-19(2,3)4/h7-9H,5-6,10-11H2,1-4H3,(H,21,24)(H,22,23)/b13-9-. The molecule has 0 aromatic heterocycles. The van der Waals surface area contributed by atoms with Gasteiger partial charge in [0.2, 0.25) is 5.91 Å². The number of carbonyl (C=O) groups is 2. The molecule has 0 aliphatic carbocycles. The molecule has 1 aliphatic heterocycles. The van der Waals surface area contributed by atoms with Gasteiger partial charge in [-0.3, -0.25) is 4.79 Å². The van der Waals surface area contributed by atoms with Gasteiger partial charge in [-0.15, -0.1) is 0 Å². The van der Waals surface area contributed by atoms with E-state index in [2.05, 4.69) is 10.6 Å². The summed E-state index contributed by atoms with van der Waals surface area (Å²) in [4.78, 5) is 23.1. The number of nitrogens with one attached hydrogen (secondary N) is 2. The Morgan fingerprint density at radius 3 is 2.73 bits per heavy atom. The number of aryl methyl sites for hydroxylation is 2. The average Bonchev–Trinajstić information content (AvgIpc) is 2.54. The largest absolute Gasteiger partial charge is 0.489 e. The Labute approximate surface area is 152 Å². The number of hydrogen-bond acceptors (Lipinski definition) is 4. The highest BCUT2D eigenvalue weighted by atomic mass is 19.1.